The van der Waals surface area contributed by atoms with Crippen LogP contribution < -0.4 is 4.90 Å². The van der Waals surface area contributed by atoms with E-state index in [4.69, 9.17) is 0 Å². The molecule has 1 heteroatoms. The third-order valence-corrected chi connectivity index (χ3v) is 12.8. The molecular formula is C58H47N. The first-order valence-corrected chi connectivity index (χ1v) is 20.8. The molecule has 0 fully saturated rings. The van der Waals surface area contributed by atoms with E-state index >= 15 is 0 Å². The van der Waals surface area contributed by atoms with Crippen molar-refractivity contribution in [2.45, 2.75) is 38.5 Å². The lowest BCUT2D eigenvalue weighted by Crippen LogP contribution is -2.20. The third kappa shape index (κ3) is 6.17. The number of nitrogens with zero attached hydrogens (tertiary/aromatic N) is 1. The fraction of sp³-hybridized carbons (Fsp3) is 0.103. The Morgan fingerprint density at radius 2 is 0.593 bits per heavy atom. The fourth-order valence-corrected chi connectivity index (χ4v) is 9.40. The Morgan fingerprint density at radius 3 is 1.00 bits per heavy atom. The molecular weight excluding hydrogens is 711 g/mol. The highest BCUT2D eigenvalue weighted by Crippen LogP contribution is 2.51. The molecule has 0 aliphatic rings. The van der Waals surface area contributed by atoms with Crippen LogP contribution in [-0.2, 0) is 10.8 Å². The number of rotatable bonds is 8. The maximum absolute atomic E-state index is 2.49. The largest absolute Gasteiger partial charge is 0.309 e. The van der Waals surface area contributed by atoms with Crippen molar-refractivity contribution in [3.63, 3.8) is 0 Å². The van der Waals surface area contributed by atoms with Crippen molar-refractivity contribution in [2.24, 2.45) is 0 Å². The van der Waals surface area contributed by atoms with Gasteiger partial charge in [-0.1, -0.05) is 210 Å². The second-order valence-corrected chi connectivity index (χ2v) is 16.9. The molecule has 10 aromatic rings. The summed E-state index contributed by atoms with van der Waals surface area (Å²) in [6.45, 7) is 9.27. The van der Waals surface area contributed by atoms with Crippen LogP contribution in [0.5, 0.6) is 0 Å². The summed E-state index contributed by atoms with van der Waals surface area (Å²) < 4.78 is 0. The molecule has 1 nitrogen and oxygen atoms in total. The number of fused-ring (bicyclic) bond motifs is 4. The standard InChI is InChI=1S/C58H47N/c1-57(2,42-21-7-5-8-22-42)44-31-35-46(36-32-44)59(47-37-33-45(34-38-47)58(3,4)43-23-9-6-10-24-43)56-52-29-17-15-27-50(52)55(51-28-16-18-30-53(51)56)54-48-25-13-11-19-40(48)39-41-20-12-14-26-49(41)54/h5-39H,1-4H3. The summed E-state index contributed by atoms with van der Waals surface area (Å²) in [5, 5.41) is 9.90. The van der Waals surface area contributed by atoms with E-state index in [2.05, 4.69) is 245 Å². The number of anilines is 3. The first-order valence-electron chi connectivity index (χ1n) is 20.8. The van der Waals surface area contributed by atoms with Crippen molar-refractivity contribution in [1.82, 2.24) is 0 Å². The Labute approximate surface area is 347 Å². The predicted octanol–water partition coefficient (Wildman–Crippen LogP) is 16.1. The van der Waals surface area contributed by atoms with Gasteiger partial charge >= 0.3 is 0 Å². The maximum Gasteiger partial charge on any atom is 0.0618 e. The molecule has 0 aliphatic carbocycles. The van der Waals surface area contributed by atoms with Crippen molar-refractivity contribution in [1.29, 1.82) is 0 Å². The number of benzene rings is 10. The highest BCUT2D eigenvalue weighted by atomic mass is 15.1. The van der Waals surface area contributed by atoms with Crippen LogP contribution in [-0.4, -0.2) is 0 Å². The minimum Gasteiger partial charge on any atom is -0.309 e. The molecule has 0 saturated carbocycles. The van der Waals surface area contributed by atoms with Crippen LogP contribution in [0.1, 0.15) is 49.9 Å². The molecule has 0 atom stereocenters. The number of hydrogen-bond donors (Lipinski definition) is 0. The van der Waals surface area contributed by atoms with E-state index in [1.165, 1.54) is 82.2 Å². The van der Waals surface area contributed by atoms with Crippen molar-refractivity contribution < 1.29 is 0 Å². The second kappa shape index (κ2) is 14.5. The Kier molecular flexibility index (Phi) is 8.91. The average Bonchev–Trinajstić information content (AvgIpc) is 3.29. The molecule has 0 amide bonds. The highest BCUT2D eigenvalue weighted by Gasteiger charge is 2.28. The summed E-state index contributed by atoms with van der Waals surface area (Å²) in [5.41, 5.74) is 10.8. The molecule has 0 spiro atoms. The lowest BCUT2D eigenvalue weighted by Gasteiger charge is -2.32. The van der Waals surface area contributed by atoms with E-state index in [0.29, 0.717) is 0 Å². The number of hydrogen-bond acceptors (Lipinski definition) is 1. The van der Waals surface area contributed by atoms with Crippen LogP contribution in [0.15, 0.2) is 212 Å². The molecule has 0 radical (unpaired) electrons. The Morgan fingerprint density at radius 1 is 0.288 bits per heavy atom. The Balaban J connectivity index is 1.24. The van der Waals surface area contributed by atoms with E-state index in [1.807, 2.05) is 0 Å². The van der Waals surface area contributed by atoms with E-state index in [9.17, 15) is 0 Å². The van der Waals surface area contributed by atoms with Gasteiger partial charge in [0.15, 0.2) is 0 Å². The molecule has 10 rings (SSSR count). The molecule has 284 valence electrons. The van der Waals surface area contributed by atoms with Crippen LogP contribution >= 0.6 is 0 Å². The molecule has 0 aliphatic heterocycles. The summed E-state index contributed by atoms with van der Waals surface area (Å²) in [5.74, 6) is 0. The second-order valence-electron chi connectivity index (χ2n) is 16.9. The van der Waals surface area contributed by atoms with Gasteiger partial charge in [0.25, 0.3) is 0 Å². The van der Waals surface area contributed by atoms with Gasteiger partial charge in [-0.2, -0.15) is 0 Å². The zero-order valence-corrected chi connectivity index (χ0v) is 34.2. The topological polar surface area (TPSA) is 3.24 Å². The molecule has 59 heavy (non-hydrogen) atoms. The average molecular weight is 758 g/mol. The summed E-state index contributed by atoms with van der Waals surface area (Å²) in [6, 6.07) is 78.4. The van der Waals surface area contributed by atoms with Crippen molar-refractivity contribution >= 4 is 60.2 Å². The normalized spacial score (nSPS) is 12.1. The quantitative estimate of drug-likeness (QED) is 0.140. The van der Waals surface area contributed by atoms with E-state index in [-0.39, 0.29) is 10.8 Å². The van der Waals surface area contributed by atoms with Crippen LogP contribution in [0.25, 0.3) is 54.2 Å². The maximum atomic E-state index is 2.49. The van der Waals surface area contributed by atoms with Gasteiger partial charge < -0.3 is 4.90 Å². The van der Waals surface area contributed by atoms with E-state index in [0.717, 1.165) is 11.4 Å². The lowest BCUT2D eigenvalue weighted by molar-refractivity contribution is 0.641. The first kappa shape index (κ1) is 36.4. The van der Waals surface area contributed by atoms with Gasteiger partial charge in [0.05, 0.1) is 5.69 Å². The lowest BCUT2D eigenvalue weighted by atomic mass is 9.78. The van der Waals surface area contributed by atoms with Gasteiger partial charge in [-0.25, -0.2) is 0 Å². The minimum atomic E-state index is -0.155. The van der Waals surface area contributed by atoms with Crippen molar-refractivity contribution in [3.05, 3.63) is 235 Å². The minimum absolute atomic E-state index is 0.155. The molecule has 10 aromatic carbocycles. The van der Waals surface area contributed by atoms with E-state index in [1.54, 1.807) is 0 Å². The zero-order chi connectivity index (χ0) is 40.1. The molecule has 0 N–H and O–H groups in total. The highest BCUT2D eigenvalue weighted by molar-refractivity contribution is 6.27. The smallest absolute Gasteiger partial charge is 0.0618 e. The summed E-state index contributed by atoms with van der Waals surface area (Å²) in [4.78, 5) is 2.49. The van der Waals surface area contributed by atoms with E-state index < -0.39 is 0 Å². The monoisotopic (exact) mass is 757 g/mol. The van der Waals surface area contributed by atoms with Gasteiger partial charge in [-0.05, 0) is 96.0 Å². The third-order valence-electron chi connectivity index (χ3n) is 12.8. The Hall–Kier alpha value is -6.96. The molecule has 0 saturated heterocycles. The zero-order valence-electron chi connectivity index (χ0n) is 34.2. The van der Waals surface area contributed by atoms with Crippen LogP contribution in [0.4, 0.5) is 17.1 Å². The van der Waals surface area contributed by atoms with Crippen molar-refractivity contribution in [3.8, 4) is 11.1 Å². The Bertz CT molecular complexity index is 2920. The van der Waals surface area contributed by atoms with Crippen LogP contribution in [0.3, 0.4) is 0 Å². The molecule has 0 bridgehead atoms. The SMILES string of the molecule is CC(C)(c1ccccc1)c1ccc(N(c2ccc(C(C)(C)c3ccccc3)cc2)c2c3ccccc3c(-c3c4ccccc4cc4ccccc34)c3ccccc23)cc1. The van der Waals surface area contributed by atoms with Gasteiger partial charge in [0, 0.05) is 33.0 Å². The van der Waals surface area contributed by atoms with Crippen molar-refractivity contribution in [2.75, 3.05) is 4.90 Å². The van der Waals surface area contributed by atoms with Crippen LogP contribution in [0.2, 0.25) is 0 Å². The summed E-state index contributed by atoms with van der Waals surface area (Å²) in [6.07, 6.45) is 0. The fourth-order valence-electron chi connectivity index (χ4n) is 9.40. The predicted molar refractivity (Wildman–Crippen MR) is 254 cm³/mol. The van der Waals surface area contributed by atoms with Crippen LogP contribution in [0, 0.1) is 0 Å². The molecule has 0 aromatic heterocycles. The first-order chi connectivity index (χ1) is 28.8. The van der Waals surface area contributed by atoms with Gasteiger partial charge in [-0.3, -0.25) is 0 Å². The molecule has 0 unspecified atom stereocenters. The molecule has 0 heterocycles. The van der Waals surface area contributed by atoms with Gasteiger partial charge in [-0.15, -0.1) is 0 Å². The summed E-state index contributed by atoms with van der Waals surface area (Å²) >= 11 is 0. The van der Waals surface area contributed by atoms with Gasteiger partial charge in [0.1, 0.15) is 0 Å². The summed E-state index contributed by atoms with van der Waals surface area (Å²) in [7, 11) is 0. The van der Waals surface area contributed by atoms with Gasteiger partial charge in [0.2, 0.25) is 0 Å².